The Kier molecular flexibility index (Phi) is 1.23. The Morgan fingerprint density at radius 1 is 1.08 bits per heavy atom. The van der Waals surface area contributed by atoms with Crippen molar-refractivity contribution >= 4 is 7.26 Å². The van der Waals surface area contributed by atoms with Gasteiger partial charge in [-0.2, -0.15) is 0 Å². The van der Waals surface area contributed by atoms with Gasteiger partial charge in [0.15, 0.2) is 0 Å². The molecule has 3 fully saturated rings. The van der Waals surface area contributed by atoms with Crippen LogP contribution in [0.4, 0.5) is 0 Å². The number of rotatable bonds is 0. The molecule has 3 rings (SSSR count). The highest BCUT2D eigenvalue weighted by Crippen LogP contribution is 2.86. The molecule has 3 aliphatic rings. The van der Waals surface area contributed by atoms with Gasteiger partial charge in [-0.15, -0.1) is 0 Å². The van der Waals surface area contributed by atoms with Gasteiger partial charge in [0.1, 0.15) is 5.60 Å². The van der Waals surface area contributed by atoms with Crippen molar-refractivity contribution in [2.75, 3.05) is 19.5 Å². The van der Waals surface area contributed by atoms with Crippen LogP contribution >= 0.6 is 7.26 Å². The molecule has 1 aliphatic carbocycles. The first-order valence-corrected chi connectivity index (χ1v) is 8.02. The van der Waals surface area contributed by atoms with Crippen molar-refractivity contribution in [3.63, 3.8) is 0 Å². The summed E-state index contributed by atoms with van der Waals surface area (Å²) in [6.45, 7) is 5.01. The quantitative estimate of drug-likeness (QED) is 0.417. The van der Waals surface area contributed by atoms with Gasteiger partial charge >= 0.3 is 0 Å². The Morgan fingerprint density at radius 2 is 1.83 bits per heavy atom. The summed E-state index contributed by atoms with van der Waals surface area (Å²) in [5, 5.41) is 0.443. The number of epoxide rings is 1. The molecule has 1 saturated carbocycles. The van der Waals surface area contributed by atoms with Crippen LogP contribution in [0.15, 0.2) is 0 Å². The minimum absolute atomic E-state index is 0.419. The molecule has 1 nitrogen and oxygen atoms in total. The number of hydrogen-bond donors (Lipinski definition) is 0. The summed E-state index contributed by atoms with van der Waals surface area (Å²) < 4.78 is 6.15. The average Bonchev–Trinajstić information content (AvgIpc) is 2.66. The van der Waals surface area contributed by atoms with E-state index in [9.17, 15) is 0 Å². The van der Waals surface area contributed by atoms with Gasteiger partial charge in [-0.1, -0.05) is 6.42 Å². The Hall–Kier alpha value is 0.390. The predicted molar refractivity (Wildman–Crippen MR) is 53.3 cm³/mol. The maximum atomic E-state index is 6.15. The molecule has 0 bridgehead atoms. The van der Waals surface area contributed by atoms with Crippen LogP contribution in [0, 0.1) is 0 Å². The lowest BCUT2D eigenvalue weighted by Gasteiger charge is -2.23. The summed E-state index contributed by atoms with van der Waals surface area (Å²) >= 11 is 0. The molecule has 68 valence electrons. The summed E-state index contributed by atoms with van der Waals surface area (Å²) in [6.07, 6.45) is 8.47. The predicted octanol–water partition coefficient (Wildman–Crippen LogP) is 2.71. The highest BCUT2D eigenvalue weighted by Gasteiger charge is 2.85. The van der Waals surface area contributed by atoms with Crippen molar-refractivity contribution in [1.82, 2.24) is 0 Å². The second-order valence-electron chi connectivity index (χ2n) is 5.25. The summed E-state index contributed by atoms with van der Waals surface area (Å²) in [5.74, 6) is 0. The topological polar surface area (TPSA) is 12.5 Å². The third kappa shape index (κ3) is 0.622. The minimum Gasteiger partial charge on any atom is -0.325 e. The molecule has 0 N–H and O–H groups in total. The summed E-state index contributed by atoms with van der Waals surface area (Å²) in [6, 6.07) is 0. The van der Waals surface area contributed by atoms with Crippen LogP contribution < -0.4 is 0 Å². The van der Waals surface area contributed by atoms with E-state index in [1.165, 1.54) is 38.3 Å². The van der Waals surface area contributed by atoms with Crippen molar-refractivity contribution in [3.05, 3.63) is 0 Å². The van der Waals surface area contributed by atoms with Gasteiger partial charge in [0.2, 0.25) is 5.34 Å². The van der Waals surface area contributed by atoms with E-state index in [0.717, 1.165) is 0 Å². The van der Waals surface area contributed by atoms with E-state index in [1.54, 1.807) is 0 Å². The molecular formula is C10H18OP+. The zero-order valence-corrected chi connectivity index (χ0v) is 8.99. The summed E-state index contributed by atoms with van der Waals surface area (Å²) in [4.78, 5) is 0. The van der Waals surface area contributed by atoms with E-state index < -0.39 is 7.26 Å². The van der Waals surface area contributed by atoms with Crippen molar-refractivity contribution in [2.45, 2.75) is 43.0 Å². The molecule has 2 atom stereocenters. The molecular weight excluding hydrogens is 167 g/mol. The Morgan fingerprint density at radius 3 is 2.58 bits per heavy atom. The first-order chi connectivity index (χ1) is 5.62. The van der Waals surface area contributed by atoms with Crippen LogP contribution in [0.25, 0.3) is 0 Å². The van der Waals surface area contributed by atoms with E-state index in [1.807, 2.05) is 0 Å². The van der Waals surface area contributed by atoms with Crippen LogP contribution in [-0.2, 0) is 4.74 Å². The molecule has 0 aromatic rings. The molecule has 2 heterocycles. The third-order valence-electron chi connectivity index (χ3n) is 4.43. The fourth-order valence-electron chi connectivity index (χ4n) is 3.59. The Bertz CT molecular complexity index is 234. The van der Waals surface area contributed by atoms with Gasteiger partial charge in [-0.05, 0) is 12.8 Å². The molecule has 0 aromatic carbocycles. The average molecular weight is 185 g/mol. The van der Waals surface area contributed by atoms with E-state index in [-0.39, 0.29) is 0 Å². The SMILES string of the molecule is C[P+]1(C)CCC23CCCCC21O3. The second kappa shape index (κ2) is 1.91. The highest BCUT2D eigenvalue weighted by atomic mass is 31.2. The lowest BCUT2D eigenvalue weighted by molar-refractivity contribution is 0.270. The highest BCUT2D eigenvalue weighted by molar-refractivity contribution is 7.76. The second-order valence-corrected chi connectivity index (χ2v) is 9.79. The van der Waals surface area contributed by atoms with E-state index in [2.05, 4.69) is 13.3 Å². The van der Waals surface area contributed by atoms with Crippen LogP contribution in [0.1, 0.15) is 32.1 Å². The van der Waals surface area contributed by atoms with Gasteiger partial charge < -0.3 is 4.74 Å². The van der Waals surface area contributed by atoms with Crippen LogP contribution in [0.3, 0.4) is 0 Å². The Balaban J connectivity index is 2.01. The minimum atomic E-state index is -0.694. The maximum Gasteiger partial charge on any atom is 0.206 e. The van der Waals surface area contributed by atoms with Gasteiger partial charge in [-0.25, -0.2) is 0 Å². The third-order valence-corrected chi connectivity index (χ3v) is 8.45. The van der Waals surface area contributed by atoms with Crippen molar-refractivity contribution < 1.29 is 4.74 Å². The normalized spacial score (nSPS) is 54.5. The standard InChI is InChI=1S/C10H18OP/c1-12(2)8-7-9-5-3-4-6-10(9,12)11-9/h3-8H2,1-2H3/q+1. The first kappa shape index (κ1) is 7.76. The van der Waals surface area contributed by atoms with Gasteiger partial charge in [-0.3, -0.25) is 0 Å². The van der Waals surface area contributed by atoms with Gasteiger partial charge in [0.05, 0.1) is 19.5 Å². The van der Waals surface area contributed by atoms with E-state index in [0.29, 0.717) is 10.9 Å². The van der Waals surface area contributed by atoms with Crippen molar-refractivity contribution in [1.29, 1.82) is 0 Å². The lowest BCUT2D eigenvalue weighted by Crippen LogP contribution is -2.25. The van der Waals surface area contributed by atoms with Crippen LogP contribution in [0.5, 0.6) is 0 Å². The molecule has 2 saturated heterocycles. The molecule has 0 radical (unpaired) electrons. The molecule has 2 heteroatoms. The van der Waals surface area contributed by atoms with E-state index in [4.69, 9.17) is 4.74 Å². The van der Waals surface area contributed by atoms with Crippen molar-refractivity contribution in [2.24, 2.45) is 0 Å². The Labute approximate surface area is 75.2 Å². The monoisotopic (exact) mass is 185 g/mol. The van der Waals surface area contributed by atoms with Gasteiger partial charge in [0, 0.05) is 20.1 Å². The molecule has 0 spiro atoms. The van der Waals surface area contributed by atoms with Crippen molar-refractivity contribution in [3.8, 4) is 0 Å². The largest absolute Gasteiger partial charge is 0.325 e. The van der Waals surface area contributed by atoms with Crippen LogP contribution in [-0.4, -0.2) is 30.4 Å². The first-order valence-electron chi connectivity index (χ1n) is 5.15. The molecule has 2 aliphatic heterocycles. The lowest BCUT2D eigenvalue weighted by atomic mass is 9.87. The number of ether oxygens (including phenoxy) is 1. The molecule has 0 aromatic heterocycles. The summed E-state index contributed by atoms with van der Waals surface area (Å²) in [7, 11) is -0.694. The number of hydrogen-bond acceptors (Lipinski definition) is 1. The zero-order valence-electron chi connectivity index (χ0n) is 8.10. The maximum absolute atomic E-state index is 6.15. The molecule has 2 unspecified atom stereocenters. The van der Waals surface area contributed by atoms with Gasteiger partial charge in [0.25, 0.3) is 0 Å². The zero-order chi connectivity index (χ0) is 8.45. The molecule has 12 heavy (non-hydrogen) atoms. The van der Waals surface area contributed by atoms with E-state index >= 15 is 0 Å². The smallest absolute Gasteiger partial charge is 0.206 e. The molecule has 0 amide bonds. The fourth-order valence-corrected chi connectivity index (χ4v) is 7.38. The summed E-state index contributed by atoms with van der Waals surface area (Å²) in [5.41, 5.74) is 0.419. The van der Waals surface area contributed by atoms with Crippen LogP contribution in [0.2, 0.25) is 0 Å². The fraction of sp³-hybridized carbons (Fsp3) is 1.00.